The van der Waals surface area contributed by atoms with Crippen LogP contribution in [0, 0.1) is 5.92 Å². The van der Waals surface area contributed by atoms with Crippen molar-refractivity contribution in [1.82, 2.24) is 4.98 Å². The van der Waals surface area contributed by atoms with Crippen LogP contribution in [0.15, 0.2) is 10.7 Å². The van der Waals surface area contributed by atoms with Gasteiger partial charge in [-0.3, -0.25) is 4.79 Å². The average molecular weight is 187 g/mol. The number of hydrogen-bond donors (Lipinski definition) is 1. The van der Waals surface area contributed by atoms with Gasteiger partial charge in [0.1, 0.15) is 6.26 Å². The van der Waals surface area contributed by atoms with E-state index in [-0.39, 0.29) is 12.3 Å². The summed E-state index contributed by atoms with van der Waals surface area (Å²) in [6.45, 7) is 0.799. The van der Waals surface area contributed by atoms with Crippen LogP contribution >= 0.6 is 0 Å². The third-order valence-electron chi connectivity index (χ3n) is 1.65. The molecule has 0 bridgehead atoms. The molecular weight excluding hydrogens is 177 g/mol. The Hall–Kier alpha value is -1.39. The highest BCUT2D eigenvalue weighted by Gasteiger charge is 2.14. The van der Waals surface area contributed by atoms with Crippen LogP contribution in [-0.4, -0.2) is 16.1 Å². The van der Waals surface area contributed by atoms with Crippen molar-refractivity contribution < 1.29 is 18.7 Å². The summed E-state index contributed by atoms with van der Waals surface area (Å²) in [4.78, 5) is 14.2. The molecule has 72 valence electrons. The van der Waals surface area contributed by atoms with Gasteiger partial charge in [0.2, 0.25) is 5.89 Å². The normalized spacial score (nSPS) is 12.8. The summed E-state index contributed by atoms with van der Waals surface area (Å²) in [5.74, 6) is -1.44. The van der Waals surface area contributed by atoms with E-state index in [4.69, 9.17) is 9.52 Å². The van der Waals surface area contributed by atoms with Gasteiger partial charge >= 0.3 is 5.97 Å². The molecule has 1 aromatic heterocycles. The summed E-state index contributed by atoms with van der Waals surface area (Å²) in [5, 5.41) is 8.57. The molecule has 0 fully saturated rings. The monoisotopic (exact) mass is 187 g/mol. The molecule has 1 aromatic rings. The molecule has 0 amide bonds. The molecule has 1 rings (SSSR count). The third kappa shape index (κ3) is 2.54. The summed E-state index contributed by atoms with van der Waals surface area (Å²) in [6, 6.07) is 0. The van der Waals surface area contributed by atoms with E-state index in [9.17, 15) is 9.18 Å². The Kier molecular flexibility index (Phi) is 3.00. The smallest absolute Gasteiger partial charge is 0.306 e. The molecule has 1 unspecified atom stereocenters. The number of carboxylic acids is 1. The van der Waals surface area contributed by atoms with E-state index in [2.05, 4.69) is 4.98 Å². The van der Waals surface area contributed by atoms with Crippen molar-refractivity contribution in [1.29, 1.82) is 0 Å². The first-order valence-electron chi connectivity index (χ1n) is 3.85. The zero-order chi connectivity index (χ0) is 9.84. The summed E-state index contributed by atoms with van der Waals surface area (Å²) >= 11 is 0. The van der Waals surface area contributed by atoms with Crippen molar-refractivity contribution >= 4 is 5.97 Å². The van der Waals surface area contributed by atoms with Crippen LogP contribution in [0.25, 0.3) is 0 Å². The summed E-state index contributed by atoms with van der Waals surface area (Å²) in [7, 11) is 0. The Labute approximate surface area is 74.4 Å². The highest BCUT2D eigenvalue weighted by molar-refractivity contribution is 5.69. The minimum atomic E-state index is -0.898. The van der Waals surface area contributed by atoms with E-state index in [1.165, 1.54) is 6.26 Å². The predicted molar refractivity (Wildman–Crippen MR) is 41.8 cm³/mol. The molecular formula is C8H10FNO3. The number of rotatable bonds is 4. The van der Waals surface area contributed by atoms with E-state index in [1.807, 2.05) is 0 Å². The van der Waals surface area contributed by atoms with Crippen molar-refractivity contribution in [2.24, 2.45) is 5.92 Å². The number of alkyl halides is 1. The molecule has 0 spiro atoms. The van der Waals surface area contributed by atoms with Crippen LogP contribution in [0.2, 0.25) is 0 Å². The van der Waals surface area contributed by atoms with Gasteiger partial charge in [0.05, 0.1) is 11.6 Å². The first-order valence-corrected chi connectivity index (χ1v) is 3.85. The van der Waals surface area contributed by atoms with Crippen molar-refractivity contribution in [2.75, 3.05) is 0 Å². The number of aromatic nitrogens is 1. The second kappa shape index (κ2) is 4.02. The number of aliphatic carboxylic acids is 1. The lowest BCUT2D eigenvalue weighted by atomic mass is 10.1. The van der Waals surface area contributed by atoms with Crippen LogP contribution < -0.4 is 0 Å². The van der Waals surface area contributed by atoms with E-state index in [0.717, 1.165) is 0 Å². The number of carbonyl (C=O) groups is 1. The molecule has 1 N–H and O–H groups in total. The maximum absolute atomic E-state index is 12.0. The fourth-order valence-corrected chi connectivity index (χ4v) is 0.905. The molecule has 0 radical (unpaired) electrons. The lowest BCUT2D eigenvalue weighted by Crippen LogP contribution is -2.12. The SMILES string of the molecule is CC(Cc1coc(CF)n1)C(=O)O. The minimum absolute atomic E-state index is 0.00686. The van der Waals surface area contributed by atoms with Crippen LogP contribution in [-0.2, 0) is 17.9 Å². The van der Waals surface area contributed by atoms with E-state index >= 15 is 0 Å². The van der Waals surface area contributed by atoms with Gasteiger partial charge in [-0.1, -0.05) is 6.92 Å². The number of hydrogen-bond acceptors (Lipinski definition) is 3. The zero-order valence-electron chi connectivity index (χ0n) is 7.16. The molecule has 4 nitrogen and oxygen atoms in total. The summed E-state index contributed by atoms with van der Waals surface area (Å²) < 4.78 is 16.7. The quantitative estimate of drug-likeness (QED) is 0.773. The zero-order valence-corrected chi connectivity index (χ0v) is 7.16. The van der Waals surface area contributed by atoms with Crippen LogP contribution in [0.1, 0.15) is 18.5 Å². The lowest BCUT2D eigenvalue weighted by Gasteiger charge is -2.00. The fourth-order valence-electron chi connectivity index (χ4n) is 0.905. The second-order valence-electron chi connectivity index (χ2n) is 2.81. The molecule has 0 aliphatic heterocycles. The molecule has 0 saturated heterocycles. The Balaban J connectivity index is 2.58. The lowest BCUT2D eigenvalue weighted by molar-refractivity contribution is -0.141. The van der Waals surface area contributed by atoms with Crippen molar-refractivity contribution in [3.8, 4) is 0 Å². The Bertz CT molecular complexity index is 297. The van der Waals surface area contributed by atoms with Gasteiger partial charge in [0.25, 0.3) is 0 Å². The van der Waals surface area contributed by atoms with Crippen LogP contribution in [0.5, 0.6) is 0 Å². The standard InChI is InChI=1S/C8H10FNO3/c1-5(8(11)12)2-6-4-13-7(3-9)10-6/h4-5H,2-3H2,1H3,(H,11,12). The van der Waals surface area contributed by atoms with Gasteiger partial charge < -0.3 is 9.52 Å². The number of nitrogens with zero attached hydrogens (tertiary/aromatic N) is 1. The van der Waals surface area contributed by atoms with E-state index < -0.39 is 18.6 Å². The molecule has 0 aliphatic carbocycles. The molecule has 1 atom stereocenters. The van der Waals surface area contributed by atoms with Gasteiger partial charge in [-0.25, -0.2) is 9.37 Å². The Morgan fingerprint density at radius 3 is 3.00 bits per heavy atom. The highest BCUT2D eigenvalue weighted by atomic mass is 19.1. The van der Waals surface area contributed by atoms with Crippen molar-refractivity contribution in [2.45, 2.75) is 20.0 Å². The maximum atomic E-state index is 12.0. The van der Waals surface area contributed by atoms with Crippen molar-refractivity contribution in [3.05, 3.63) is 17.8 Å². The summed E-state index contributed by atoms with van der Waals surface area (Å²) in [6.07, 6.45) is 1.55. The van der Waals surface area contributed by atoms with Crippen LogP contribution in [0.3, 0.4) is 0 Å². The minimum Gasteiger partial charge on any atom is -0.481 e. The molecule has 1 heterocycles. The summed E-state index contributed by atoms with van der Waals surface area (Å²) in [5.41, 5.74) is 0.475. The molecule has 0 aromatic carbocycles. The Morgan fingerprint density at radius 1 is 1.85 bits per heavy atom. The van der Waals surface area contributed by atoms with Gasteiger partial charge in [-0.05, 0) is 0 Å². The number of oxazole rings is 1. The molecule has 0 saturated carbocycles. The van der Waals surface area contributed by atoms with Gasteiger partial charge in [-0.15, -0.1) is 0 Å². The van der Waals surface area contributed by atoms with Crippen LogP contribution in [0.4, 0.5) is 4.39 Å². The van der Waals surface area contributed by atoms with Gasteiger partial charge in [0, 0.05) is 6.42 Å². The third-order valence-corrected chi connectivity index (χ3v) is 1.65. The maximum Gasteiger partial charge on any atom is 0.306 e. The predicted octanol–water partition coefficient (Wildman–Crippen LogP) is 1.41. The average Bonchev–Trinajstić information content (AvgIpc) is 2.52. The van der Waals surface area contributed by atoms with E-state index in [1.54, 1.807) is 6.92 Å². The molecule has 13 heavy (non-hydrogen) atoms. The van der Waals surface area contributed by atoms with Crippen molar-refractivity contribution in [3.63, 3.8) is 0 Å². The van der Waals surface area contributed by atoms with E-state index in [0.29, 0.717) is 5.69 Å². The first-order chi connectivity index (χ1) is 6.13. The molecule has 5 heteroatoms. The first kappa shape index (κ1) is 9.70. The molecule has 0 aliphatic rings. The fraction of sp³-hybridized carbons (Fsp3) is 0.500. The largest absolute Gasteiger partial charge is 0.481 e. The Morgan fingerprint density at radius 2 is 2.54 bits per heavy atom. The number of halogens is 1. The second-order valence-corrected chi connectivity index (χ2v) is 2.81. The topological polar surface area (TPSA) is 63.3 Å². The highest BCUT2D eigenvalue weighted by Crippen LogP contribution is 2.09. The van der Waals surface area contributed by atoms with Gasteiger partial charge in [0.15, 0.2) is 6.67 Å². The van der Waals surface area contributed by atoms with Gasteiger partial charge in [-0.2, -0.15) is 0 Å². The number of carboxylic acid groups (broad SMARTS) is 1.